The maximum atomic E-state index is 13.5. The molecule has 0 unspecified atom stereocenters. The number of hydrogen-bond donors (Lipinski definition) is 2. The Labute approximate surface area is 235 Å². The van der Waals surface area contributed by atoms with Gasteiger partial charge >= 0.3 is 7.12 Å². The summed E-state index contributed by atoms with van der Waals surface area (Å²) >= 11 is 0. The van der Waals surface area contributed by atoms with Gasteiger partial charge in [-0.05, 0) is 38.4 Å². The maximum absolute atomic E-state index is 13.5. The van der Waals surface area contributed by atoms with Crippen LogP contribution in [0.4, 0.5) is 0 Å². The third-order valence-corrected chi connectivity index (χ3v) is 6.68. The first kappa shape index (κ1) is 31.0. The predicted octanol–water partition coefficient (Wildman–Crippen LogP) is 2.90. The molecule has 1 fully saturated rings. The number of hydrogen-bond acceptors (Lipinski definition) is 9. The molecule has 2 N–H and O–H groups in total. The minimum atomic E-state index is -1.25. The van der Waals surface area contributed by atoms with Crippen LogP contribution in [0.1, 0.15) is 56.9 Å². The van der Waals surface area contributed by atoms with Crippen molar-refractivity contribution in [2.75, 3.05) is 20.1 Å². The van der Waals surface area contributed by atoms with E-state index in [9.17, 15) is 24.3 Å². The number of benzene rings is 1. The number of rotatable bonds is 10. The Kier molecular flexibility index (Phi) is 11.4. The van der Waals surface area contributed by atoms with Gasteiger partial charge in [0.25, 0.3) is 17.8 Å². The zero-order valence-electron chi connectivity index (χ0n) is 23.5. The highest BCUT2D eigenvalue weighted by molar-refractivity contribution is 6.51. The van der Waals surface area contributed by atoms with E-state index in [1.165, 1.54) is 13.0 Å². The number of ketones is 1. The summed E-state index contributed by atoms with van der Waals surface area (Å²) < 4.78 is 11.1. The molecule has 40 heavy (non-hydrogen) atoms. The van der Waals surface area contributed by atoms with Crippen molar-refractivity contribution in [3.63, 3.8) is 0 Å². The van der Waals surface area contributed by atoms with Gasteiger partial charge in [-0.1, -0.05) is 50.2 Å². The average molecular weight is 551 g/mol. The van der Waals surface area contributed by atoms with Crippen LogP contribution in [0.5, 0.6) is 0 Å². The maximum Gasteiger partial charge on any atom is 0.602 e. The van der Waals surface area contributed by atoms with Gasteiger partial charge < -0.3 is 24.6 Å². The summed E-state index contributed by atoms with van der Waals surface area (Å²) in [5, 5.41) is 13.1. The van der Waals surface area contributed by atoms with E-state index in [-0.39, 0.29) is 30.9 Å². The highest BCUT2D eigenvalue weighted by Gasteiger charge is 2.41. The number of pyridine rings is 1. The van der Waals surface area contributed by atoms with Crippen LogP contribution < -0.4 is 5.32 Å². The van der Waals surface area contributed by atoms with Crippen LogP contribution >= 0.6 is 0 Å². The van der Waals surface area contributed by atoms with E-state index in [0.717, 1.165) is 5.56 Å². The second kappa shape index (κ2) is 14.7. The first-order valence-corrected chi connectivity index (χ1v) is 13.6. The van der Waals surface area contributed by atoms with E-state index in [1.54, 1.807) is 19.2 Å². The number of amides is 1. The summed E-state index contributed by atoms with van der Waals surface area (Å²) in [7, 11) is 0.557. The molecule has 0 bridgehead atoms. The molecule has 0 radical (unpaired) electrons. The SMILES string of the molecule is CC(C)C[C@H](CC(=O)[C@@H](NC(=O)c1cccc(-c2ccccc2)n1)[C@@H](C)O)B1OC(=O)CCN(C)CCC(=O)O1. The molecule has 0 spiro atoms. The molecule has 1 aliphatic rings. The lowest BCUT2D eigenvalue weighted by atomic mass is 9.64. The summed E-state index contributed by atoms with van der Waals surface area (Å²) in [5.74, 6) is -2.72. The lowest BCUT2D eigenvalue weighted by Crippen LogP contribution is -2.49. The predicted molar refractivity (Wildman–Crippen MR) is 150 cm³/mol. The van der Waals surface area contributed by atoms with Gasteiger partial charge in [-0.2, -0.15) is 0 Å². The Morgan fingerprint density at radius 1 is 1.00 bits per heavy atom. The van der Waals surface area contributed by atoms with Crippen molar-refractivity contribution in [2.45, 2.75) is 64.4 Å². The minimum absolute atomic E-state index is 0.0845. The van der Waals surface area contributed by atoms with E-state index in [2.05, 4.69) is 10.3 Å². The van der Waals surface area contributed by atoms with Gasteiger partial charge in [0.2, 0.25) is 0 Å². The van der Waals surface area contributed by atoms with Gasteiger partial charge in [-0.15, -0.1) is 0 Å². The Hall–Kier alpha value is -3.57. The van der Waals surface area contributed by atoms with E-state index in [0.29, 0.717) is 25.2 Å². The third-order valence-electron chi connectivity index (χ3n) is 6.68. The molecule has 1 amide bonds. The molecule has 1 aliphatic heterocycles. The Bertz CT molecular complexity index is 1150. The highest BCUT2D eigenvalue weighted by Crippen LogP contribution is 2.28. The monoisotopic (exact) mass is 551 g/mol. The number of nitrogens with zero attached hydrogens (tertiary/aromatic N) is 2. The molecule has 214 valence electrons. The second-order valence-electron chi connectivity index (χ2n) is 10.7. The molecule has 1 aromatic heterocycles. The lowest BCUT2D eigenvalue weighted by Gasteiger charge is -2.27. The van der Waals surface area contributed by atoms with Gasteiger partial charge in [0, 0.05) is 30.9 Å². The Morgan fingerprint density at radius 2 is 1.62 bits per heavy atom. The molecule has 2 aromatic rings. The van der Waals surface area contributed by atoms with Crippen LogP contribution in [-0.2, 0) is 23.7 Å². The molecular weight excluding hydrogens is 513 g/mol. The first-order chi connectivity index (χ1) is 19.0. The fraction of sp³-hybridized carbons (Fsp3) is 0.483. The summed E-state index contributed by atoms with van der Waals surface area (Å²) in [4.78, 5) is 57.8. The van der Waals surface area contributed by atoms with Gasteiger partial charge in [0.15, 0.2) is 5.78 Å². The molecule has 11 heteroatoms. The van der Waals surface area contributed by atoms with E-state index in [1.807, 2.05) is 49.1 Å². The highest BCUT2D eigenvalue weighted by atomic mass is 16.6. The van der Waals surface area contributed by atoms with Gasteiger partial charge in [0.05, 0.1) is 24.6 Å². The van der Waals surface area contributed by atoms with Crippen molar-refractivity contribution in [1.82, 2.24) is 15.2 Å². The molecule has 0 aliphatic carbocycles. The number of carbonyl (C=O) groups is 4. The number of aliphatic hydroxyl groups is 1. The summed E-state index contributed by atoms with van der Waals surface area (Å²) in [6, 6.07) is 13.1. The molecular formula is C29H38BN3O7. The van der Waals surface area contributed by atoms with E-state index in [4.69, 9.17) is 9.31 Å². The van der Waals surface area contributed by atoms with Crippen molar-refractivity contribution >= 4 is 30.7 Å². The summed E-state index contributed by atoms with van der Waals surface area (Å²) in [6.07, 6.45) is -0.741. The van der Waals surface area contributed by atoms with Crippen LogP contribution in [0.15, 0.2) is 48.5 Å². The molecule has 2 heterocycles. The third kappa shape index (κ3) is 9.27. The van der Waals surface area contributed by atoms with Gasteiger partial charge in [0.1, 0.15) is 11.7 Å². The average Bonchev–Trinajstić information content (AvgIpc) is 2.92. The molecule has 1 saturated heterocycles. The van der Waals surface area contributed by atoms with Gasteiger partial charge in [-0.3, -0.25) is 19.2 Å². The smallest absolute Gasteiger partial charge is 0.499 e. The Balaban J connectivity index is 1.77. The van der Waals surface area contributed by atoms with E-state index < -0.39 is 48.7 Å². The zero-order chi connectivity index (χ0) is 29.2. The van der Waals surface area contributed by atoms with E-state index >= 15 is 0 Å². The number of carbonyl (C=O) groups excluding carboxylic acids is 4. The lowest BCUT2D eigenvalue weighted by molar-refractivity contribution is -0.142. The second-order valence-corrected chi connectivity index (χ2v) is 10.7. The van der Waals surface area contributed by atoms with Crippen molar-refractivity contribution < 1.29 is 33.6 Å². The number of aliphatic hydroxyl groups excluding tert-OH is 1. The standard InChI is InChI=1S/C29H38BN3O7/c1-19(2)17-22(30-39-26(36)13-15-33(4)16-14-27(37)40-30)18-25(35)28(20(3)34)32-29(38)24-12-8-11-23(31-24)21-9-6-5-7-10-21/h5-12,19-20,22,28,34H,13-18H2,1-4H3,(H,32,38)/t20-,22-,28+/m1/s1. The zero-order valence-corrected chi connectivity index (χ0v) is 23.5. The van der Waals surface area contributed by atoms with Gasteiger partial charge in [-0.25, -0.2) is 4.98 Å². The van der Waals surface area contributed by atoms with Crippen molar-refractivity contribution in [2.24, 2.45) is 5.92 Å². The van der Waals surface area contributed by atoms with Crippen LogP contribution in [0.25, 0.3) is 11.3 Å². The minimum Gasteiger partial charge on any atom is -0.499 e. The number of Topliss-reactive ketones (excluding diaryl/α,β-unsaturated/α-hetero) is 1. The van der Waals surface area contributed by atoms with Crippen molar-refractivity contribution in [3.8, 4) is 11.3 Å². The molecule has 3 rings (SSSR count). The van der Waals surface area contributed by atoms with Crippen LogP contribution in [0.2, 0.25) is 5.82 Å². The van der Waals surface area contributed by atoms with Crippen molar-refractivity contribution in [1.29, 1.82) is 0 Å². The number of aromatic nitrogens is 1. The molecule has 10 nitrogen and oxygen atoms in total. The van der Waals surface area contributed by atoms with Crippen LogP contribution in [0.3, 0.4) is 0 Å². The quantitative estimate of drug-likeness (QED) is 0.428. The Morgan fingerprint density at radius 3 is 2.20 bits per heavy atom. The topological polar surface area (TPSA) is 135 Å². The van der Waals surface area contributed by atoms with Crippen LogP contribution in [-0.4, -0.2) is 78.0 Å². The fourth-order valence-corrected chi connectivity index (χ4v) is 4.57. The normalized spacial score (nSPS) is 17.4. The molecule has 1 aromatic carbocycles. The van der Waals surface area contributed by atoms with Crippen molar-refractivity contribution in [3.05, 3.63) is 54.2 Å². The summed E-state index contributed by atoms with van der Waals surface area (Å²) in [6.45, 7) is 6.16. The molecule has 3 atom stereocenters. The summed E-state index contributed by atoms with van der Waals surface area (Å²) in [5.41, 5.74) is 1.52. The molecule has 0 saturated carbocycles. The largest absolute Gasteiger partial charge is 0.602 e. The van der Waals surface area contributed by atoms with Crippen LogP contribution in [0, 0.1) is 5.92 Å². The number of nitrogens with one attached hydrogen (secondary N) is 1. The first-order valence-electron chi connectivity index (χ1n) is 13.6. The fourth-order valence-electron chi connectivity index (χ4n) is 4.57.